The van der Waals surface area contributed by atoms with Crippen molar-refractivity contribution >= 4 is 0 Å². The number of rotatable bonds is 4. The third-order valence-corrected chi connectivity index (χ3v) is 3.66. The van der Waals surface area contributed by atoms with E-state index in [1.165, 1.54) is 0 Å². The molecule has 54 valence electrons. The molecule has 0 aliphatic carbocycles. The van der Waals surface area contributed by atoms with Crippen molar-refractivity contribution in [2.75, 3.05) is 0 Å². The van der Waals surface area contributed by atoms with E-state index in [4.69, 9.17) is 0 Å². The van der Waals surface area contributed by atoms with Gasteiger partial charge in [-0.1, -0.05) is 0 Å². The van der Waals surface area contributed by atoms with Crippen molar-refractivity contribution in [1.82, 2.24) is 0 Å². The van der Waals surface area contributed by atoms with E-state index in [1.54, 1.807) is 0 Å². The van der Waals surface area contributed by atoms with Crippen LogP contribution in [0.25, 0.3) is 0 Å². The van der Waals surface area contributed by atoms with Gasteiger partial charge in [0.1, 0.15) is 0 Å². The molecule has 0 radical (unpaired) electrons. The average Bonchev–Trinajstić information content (AvgIpc) is 1.87. The number of allylic oxidation sites excluding steroid dienone is 2. The normalized spacial score (nSPS) is 16.7. The standard InChI is InChI=1S/2C4H7.Ru/c2*1-3-4-2;/h2*3-4H,1H2,2H3;. The fourth-order valence-corrected chi connectivity index (χ4v) is 2.30. The molecule has 0 fully saturated rings. The first-order chi connectivity index (χ1) is 4.20. The number of hydrogen-bond acceptors (Lipinski definition) is 0. The van der Waals surface area contributed by atoms with Gasteiger partial charge in [0.2, 0.25) is 0 Å². The quantitative estimate of drug-likeness (QED) is 0.495. The Morgan fingerprint density at radius 2 is 1.44 bits per heavy atom. The SMILES string of the molecule is C=C[CH](C)[Ru][CH](C)C=C. The summed E-state index contributed by atoms with van der Waals surface area (Å²) in [7, 11) is 0. The first-order valence-electron chi connectivity index (χ1n) is 3.05. The first kappa shape index (κ1) is 9.10. The van der Waals surface area contributed by atoms with Gasteiger partial charge in [0.25, 0.3) is 0 Å². The molecule has 2 atom stereocenters. The molecular weight excluding hydrogens is 197 g/mol. The van der Waals surface area contributed by atoms with Crippen LogP contribution in [0.4, 0.5) is 0 Å². The van der Waals surface area contributed by atoms with Crippen LogP contribution in [0.2, 0.25) is 9.02 Å². The third kappa shape index (κ3) is 4.60. The summed E-state index contributed by atoms with van der Waals surface area (Å²) in [6.07, 6.45) is 4.05. The molecule has 0 saturated heterocycles. The van der Waals surface area contributed by atoms with Crippen molar-refractivity contribution in [3.63, 3.8) is 0 Å². The van der Waals surface area contributed by atoms with Crippen molar-refractivity contribution in [2.24, 2.45) is 0 Å². The zero-order valence-electron chi connectivity index (χ0n) is 6.08. The van der Waals surface area contributed by atoms with Crippen LogP contribution in [0.5, 0.6) is 0 Å². The summed E-state index contributed by atoms with van der Waals surface area (Å²) >= 11 is 0.429. The third-order valence-electron chi connectivity index (χ3n) is 1.01. The molecule has 0 rings (SSSR count). The summed E-state index contributed by atoms with van der Waals surface area (Å²) in [5.74, 6) is 0. The summed E-state index contributed by atoms with van der Waals surface area (Å²) in [5, 5.41) is 0. The van der Waals surface area contributed by atoms with Crippen molar-refractivity contribution in [2.45, 2.75) is 22.9 Å². The van der Waals surface area contributed by atoms with Crippen LogP contribution in [0.15, 0.2) is 25.3 Å². The summed E-state index contributed by atoms with van der Waals surface area (Å²) in [6.45, 7) is 11.9. The zero-order valence-corrected chi connectivity index (χ0v) is 7.82. The molecule has 0 aromatic carbocycles. The van der Waals surface area contributed by atoms with Gasteiger partial charge < -0.3 is 0 Å². The Kier molecular flexibility index (Phi) is 4.99. The van der Waals surface area contributed by atoms with E-state index in [0.717, 1.165) is 0 Å². The summed E-state index contributed by atoms with van der Waals surface area (Å²) < 4.78 is 1.43. The Morgan fingerprint density at radius 1 is 1.11 bits per heavy atom. The second-order valence-electron chi connectivity index (χ2n) is 1.90. The molecule has 0 aliphatic rings. The molecule has 0 aliphatic heterocycles. The van der Waals surface area contributed by atoms with E-state index < -0.39 is 0 Å². The summed E-state index contributed by atoms with van der Waals surface area (Å²) in [4.78, 5) is 0. The first-order valence-corrected chi connectivity index (χ1v) is 5.05. The fraction of sp³-hybridized carbons (Fsp3) is 0.500. The van der Waals surface area contributed by atoms with Gasteiger partial charge in [-0.25, -0.2) is 0 Å². The average molecular weight is 211 g/mol. The molecule has 2 unspecified atom stereocenters. The topological polar surface area (TPSA) is 0 Å². The van der Waals surface area contributed by atoms with Crippen LogP contribution < -0.4 is 0 Å². The number of hydrogen-bond donors (Lipinski definition) is 0. The van der Waals surface area contributed by atoms with E-state index in [9.17, 15) is 0 Å². The molecule has 0 bridgehead atoms. The second-order valence-corrected chi connectivity index (χ2v) is 5.64. The van der Waals surface area contributed by atoms with Crippen molar-refractivity contribution < 1.29 is 17.1 Å². The minimum atomic E-state index is 0.429. The van der Waals surface area contributed by atoms with Gasteiger partial charge in [0.05, 0.1) is 0 Å². The predicted octanol–water partition coefficient (Wildman–Crippen LogP) is 3.06. The molecule has 9 heavy (non-hydrogen) atoms. The van der Waals surface area contributed by atoms with Gasteiger partial charge in [-0.2, -0.15) is 0 Å². The van der Waals surface area contributed by atoms with Crippen molar-refractivity contribution in [1.29, 1.82) is 0 Å². The molecule has 0 aromatic rings. The Bertz CT molecular complexity index is 84.7. The van der Waals surface area contributed by atoms with Crippen LogP contribution in [0.3, 0.4) is 0 Å². The second kappa shape index (κ2) is 4.93. The van der Waals surface area contributed by atoms with E-state index >= 15 is 0 Å². The molecule has 0 aromatic heterocycles. The molecule has 0 spiro atoms. The molecular formula is C8H14Ru. The monoisotopic (exact) mass is 212 g/mol. The van der Waals surface area contributed by atoms with Crippen LogP contribution in [-0.2, 0) is 17.1 Å². The molecule has 0 heterocycles. The van der Waals surface area contributed by atoms with Gasteiger partial charge in [-0.3, -0.25) is 0 Å². The van der Waals surface area contributed by atoms with E-state index in [2.05, 4.69) is 27.0 Å². The molecule has 0 saturated carbocycles. The predicted molar refractivity (Wildman–Crippen MR) is 39.2 cm³/mol. The fourth-order valence-electron chi connectivity index (χ4n) is 0.389. The van der Waals surface area contributed by atoms with E-state index in [0.29, 0.717) is 26.2 Å². The Balaban J connectivity index is 3.45. The summed E-state index contributed by atoms with van der Waals surface area (Å²) in [6, 6.07) is 0. The molecule has 1 heteroatoms. The van der Waals surface area contributed by atoms with Crippen LogP contribution in [0.1, 0.15) is 13.8 Å². The van der Waals surface area contributed by atoms with Gasteiger partial charge >= 0.3 is 65.3 Å². The Morgan fingerprint density at radius 3 is 1.67 bits per heavy atom. The molecule has 0 amide bonds. The minimum absolute atomic E-state index is 0.429. The van der Waals surface area contributed by atoms with E-state index in [-0.39, 0.29) is 0 Å². The van der Waals surface area contributed by atoms with Crippen LogP contribution in [0, 0.1) is 0 Å². The zero-order chi connectivity index (χ0) is 7.28. The Hall–Kier alpha value is 0.103. The Labute approximate surface area is 65.6 Å². The van der Waals surface area contributed by atoms with E-state index in [1.807, 2.05) is 12.2 Å². The van der Waals surface area contributed by atoms with Crippen LogP contribution >= 0.6 is 0 Å². The van der Waals surface area contributed by atoms with Crippen LogP contribution in [-0.4, -0.2) is 0 Å². The van der Waals surface area contributed by atoms with Gasteiger partial charge in [-0.05, 0) is 0 Å². The molecule has 0 nitrogen and oxygen atoms in total. The summed E-state index contributed by atoms with van der Waals surface area (Å²) in [5.41, 5.74) is 0. The maximum atomic E-state index is 3.74. The molecule has 0 N–H and O–H groups in total. The van der Waals surface area contributed by atoms with Crippen molar-refractivity contribution in [3.8, 4) is 0 Å². The van der Waals surface area contributed by atoms with Gasteiger partial charge in [0, 0.05) is 0 Å². The maximum absolute atomic E-state index is 3.74. The van der Waals surface area contributed by atoms with Crippen molar-refractivity contribution in [3.05, 3.63) is 25.3 Å². The van der Waals surface area contributed by atoms with Gasteiger partial charge in [-0.15, -0.1) is 0 Å². The van der Waals surface area contributed by atoms with Gasteiger partial charge in [0.15, 0.2) is 0 Å².